The van der Waals surface area contributed by atoms with E-state index >= 15 is 0 Å². The number of fused-ring (bicyclic) bond motifs is 1. The third-order valence-electron chi connectivity index (χ3n) is 7.13. The summed E-state index contributed by atoms with van der Waals surface area (Å²) >= 11 is 1.71. The van der Waals surface area contributed by atoms with Gasteiger partial charge in [-0.3, -0.25) is 4.79 Å². The molecule has 1 aliphatic carbocycles. The molecule has 190 valence electrons. The van der Waals surface area contributed by atoms with Crippen molar-refractivity contribution in [1.82, 2.24) is 9.21 Å². The molecule has 2 heterocycles. The summed E-state index contributed by atoms with van der Waals surface area (Å²) in [5.74, 6) is 0.596. The van der Waals surface area contributed by atoms with E-state index in [1.54, 1.807) is 18.4 Å². The van der Waals surface area contributed by atoms with Gasteiger partial charge in [-0.1, -0.05) is 29.8 Å². The highest BCUT2D eigenvalue weighted by Crippen LogP contribution is 2.40. The van der Waals surface area contributed by atoms with Crippen molar-refractivity contribution in [3.05, 3.63) is 80.5 Å². The predicted molar refractivity (Wildman–Crippen MR) is 142 cm³/mol. The molecule has 0 saturated heterocycles. The highest BCUT2D eigenvalue weighted by Gasteiger charge is 2.42. The van der Waals surface area contributed by atoms with E-state index in [-0.39, 0.29) is 24.5 Å². The first kappa shape index (κ1) is 25.0. The lowest BCUT2D eigenvalue weighted by Crippen LogP contribution is -2.47. The van der Waals surface area contributed by atoms with Crippen molar-refractivity contribution in [3.8, 4) is 5.75 Å². The summed E-state index contributed by atoms with van der Waals surface area (Å²) < 4.78 is 34.6. The molecule has 1 aliphatic heterocycles. The molecule has 1 amide bonds. The maximum atomic E-state index is 13.9. The van der Waals surface area contributed by atoms with Crippen LogP contribution in [0.3, 0.4) is 0 Å². The minimum Gasteiger partial charge on any atom is -0.497 e. The minimum atomic E-state index is -3.82. The van der Waals surface area contributed by atoms with Crippen LogP contribution in [0, 0.1) is 20.8 Å². The third kappa shape index (κ3) is 4.58. The molecule has 2 aliphatic rings. The second kappa shape index (κ2) is 9.65. The maximum Gasteiger partial charge on any atom is 0.244 e. The molecule has 1 aromatic heterocycles. The molecule has 5 rings (SSSR count). The van der Waals surface area contributed by atoms with Gasteiger partial charge in [0.2, 0.25) is 15.9 Å². The third-order valence-corrected chi connectivity index (χ3v) is 10.3. The lowest BCUT2D eigenvalue weighted by atomic mass is 9.93. The van der Waals surface area contributed by atoms with Gasteiger partial charge in [-0.2, -0.15) is 4.31 Å². The summed E-state index contributed by atoms with van der Waals surface area (Å²) in [5, 5.41) is 2.07. The fraction of sp³-hybridized carbons (Fsp3) is 0.393. The van der Waals surface area contributed by atoms with E-state index < -0.39 is 10.0 Å². The van der Waals surface area contributed by atoms with Crippen LogP contribution >= 0.6 is 11.3 Å². The number of carbonyl (C=O) groups is 1. The van der Waals surface area contributed by atoms with Gasteiger partial charge in [-0.15, -0.1) is 11.3 Å². The molecule has 0 radical (unpaired) electrons. The van der Waals surface area contributed by atoms with E-state index in [9.17, 15) is 13.2 Å². The van der Waals surface area contributed by atoms with E-state index in [2.05, 4.69) is 11.4 Å². The normalized spacial score (nSPS) is 17.8. The summed E-state index contributed by atoms with van der Waals surface area (Å²) in [7, 11) is -2.19. The number of nitrogens with zero attached hydrogens (tertiary/aromatic N) is 2. The first-order valence-corrected chi connectivity index (χ1v) is 14.6. The average Bonchev–Trinajstić information content (AvgIpc) is 3.56. The van der Waals surface area contributed by atoms with Crippen LogP contribution in [0.25, 0.3) is 0 Å². The first-order chi connectivity index (χ1) is 17.2. The fourth-order valence-corrected chi connectivity index (χ4v) is 8.37. The maximum absolute atomic E-state index is 13.9. The lowest BCUT2D eigenvalue weighted by Gasteiger charge is -2.37. The Hall–Kier alpha value is -2.68. The smallest absolute Gasteiger partial charge is 0.244 e. The number of carbonyl (C=O) groups excluding carboxylic acids is 1. The highest BCUT2D eigenvalue weighted by atomic mass is 32.2. The van der Waals surface area contributed by atoms with E-state index in [0.717, 1.165) is 52.8 Å². The molecule has 3 aromatic rings. The molecule has 0 spiro atoms. The van der Waals surface area contributed by atoms with E-state index in [1.807, 2.05) is 62.1 Å². The van der Waals surface area contributed by atoms with Gasteiger partial charge >= 0.3 is 0 Å². The van der Waals surface area contributed by atoms with Crippen molar-refractivity contribution in [2.24, 2.45) is 0 Å². The van der Waals surface area contributed by atoms with Gasteiger partial charge in [-0.25, -0.2) is 8.42 Å². The lowest BCUT2D eigenvalue weighted by molar-refractivity contribution is -0.133. The summed E-state index contributed by atoms with van der Waals surface area (Å²) in [5.41, 5.74) is 4.59. The van der Waals surface area contributed by atoms with Gasteiger partial charge < -0.3 is 9.64 Å². The number of amides is 1. The molecular weight excluding hydrogens is 492 g/mol. The Balaban J connectivity index is 1.48. The number of rotatable bonds is 7. The van der Waals surface area contributed by atoms with E-state index in [4.69, 9.17) is 4.74 Å². The number of sulfonamides is 1. The van der Waals surface area contributed by atoms with E-state index in [0.29, 0.717) is 11.4 Å². The Morgan fingerprint density at radius 3 is 2.36 bits per heavy atom. The topological polar surface area (TPSA) is 66.9 Å². The number of thiophene rings is 1. The number of aryl methyl sites for hydroxylation is 3. The van der Waals surface area contributed by atoms with Gasteiger partial charge in [0.1, 0.15) is 5.75 Å². The van der Waals surface area contributed by atoms with Crippen LogP contribution in [-0.2, 0) is 21.2 Å². The van der Waals surface area contributed by atoms with Crippen molar-refractivity contribution >= 4 is 27.3 Å². The molecule has 1 fully saturated rings. The minimum absolute atomic E-state index is 0.125. The summed E-state index contributed by atoms with van der Waals surface area (Å²) in [6.07, 6.45) is 2.35. The zero-order chi connectivity index (χ0) is 25.6. The van der Waals surface area contributed by atoms with Gasteiger partial charge in [0.05, 0.1) is 24.6 Å². The molecule has 2 aromatic carbocycles. The van der Waals surface area contributed by atoms with Crippen LogP contribution in [0.5, 0.6) is 5.75 Å². The monoisotopic (exact) mass is 524 g/mol. The largest absolute Gasteiger partial charge is 0.497 e. The fourth-order valence-electron chi connectivity index (χ4n) is 5.42. The Labute approximate surface area is 217 Å². The number of benzene rings is 2. The second-order valence-electron chi connectivity index (χ2n) is 9.82. The van der Waals surface area contributed by atoms with Crippen LogP contribution in [-0.4, -0.2) is 49.8 Å². The van der Waals surface area contributed by atoms with Crippen molar-refractivity contribution in [2.45, 2.75) is 57.0 Å². The van der Waals surface area contributed by atoms with Gasteiger partial charge in [0.25, 0.3) is 0 Å². The average molecular weight is 525 g/mol. The summed E-state index contributed by atoms with van der Waals surface area (Å²) in [4.78, 5) is 17.3. The van der Waals surface area contributed by atoms with Crippen LogP contribution < -0.4 is 4.74 Å². The van der Waals surface area contributed by atoms with Crippen LogP contribution in [0.1, 0.15) is 51.6 Å². The second-order valence-corrected chi connectivity index (χ2v) is 12.6. The van der Waals surface area contributed by atoms with E-state index in [1.165, 1.54) is 9.18 Å². The molecule has 0 bridgehead atoms. The standard InChI is InChI=1S/C28H32N2O4S2/c1-18-15-19(2)28(20(3)16-18)36(32,33)30(22-7-8-22)17-26(31)29-13-11-25-24(12-14-35-25)27(29)21-5-9-23(34-4)10-6-21/h5-6,9-10,12,14-16,22,27H,7-8,11,13,17H2,1-4H3. The van der Waals surface area contributed by atoms with Gasteiger partial charge in [-0.05, 0) is 85.9 Å². The zero-order valence-electron chi connectivity index (χ0n) is 21.2. The highest BCUT2D eigenvalue weighted by molar-refractivity contribution is 7.89. The predicted octanol–water partition coefficient (Wildman–Crippen LogP) is 5.01. The Morgan fingerprint density at radius 2 is 1.75 bits per heavy atom. The van der Waals surface area contributed by atoms with Crippen molar-refractivity contribution in [3.63, 3.8) is 0 Å². The Kier molecular flexibility index (Phi) is 6.70. The molecule has 0 N–H and O–H groups in total. The SMILES string of the molecule is COc1ccc(C2c3ccsc3CCN2C(=O)CN(C2CC2)S(=O)(=O)c2c(C)cc(C)cc2C)cc1. The summed E-state index contributed by atoms with van der Waals surface area (Å²) in [6, 6.07) is 13.3. The van der Waals surface area contributed by atoms with Crippen LogP contribution in [0.4, 0.5) is 0 Å². The molecule has 1 saturated carbocycles. The number of hydrogen-bond acceptors (Lipinski definition) is 5. The number of ether oxygens (including phenoxy) is 1. The number of methoxy groups -OCH3 is 1. The summed E-state index contributed by atoms with van der Waals surface area (Å²) in [6.45, 7) is 6.05. The quantitative estimate of drug-likeness (QED) is 0.436. The molecular formula is C28H32N2O4S2. The van der Waals surface area contributed by atoms with Crippen LogP contribution in [0.15, 0.2) is 52.7 Å². The molecule has 6 nitrogen and oxygen atoms in total. The number of hydrogen-bond donors (Lipinski definition) is 0. The van der Waals surface area contributed by atoms with Gasteiger partial charge in [0, 0.05) is 17.5 Å². The first-order valence-electron chi connectivity index (χ1n) is 12.3. The Morgan fingerprint density at radius 1 is 1.08 bits per heavy atom. The molecule has 1 atom stereocenters. The molecule has 8 heteroatoms. The van der Waals surface area contributed by atoms with Crippen molar-refractivity contribution < 1.29 is 17.9 Å². The van der Waals surface area contributed by atoms with Crippen molar-refractivity contribution in [1.29, 1.82) is 0 Å². The molecule has 36 heavy (non-hydrogen) atoms. The van der Waals surface area contributed by atoms with Gasteiger partial charge in [0.15, 0.2) is 0 Å². The van der Waals surface area contributed by atoms with Crippen molar-refractivity contribution in [2.75, 3.05) is 20.2 Å². The zero-order valence-corrected chi connectivity index (χ0v) is 22.8. The Bertz CT molecular complexity index is 1370. The molecule has 1 unspecified atom stereocenters. The van der Waals surface area contributed by atoms with Crippen LogP contribution in [0.2, 0.25) is 0 Å².